The van der Waals surface area contributed by atoms with Crippen LogP contribution in [0.4, 0.5) is 0 Å². The molecule has 0 aliphatic rings. The molecular formula is C10H13N3O5. The molecule has 0 fully saturated rings. The Morgan fingerprint density at radius 3 is 2.61 bits per heavy atom. The van der Waals surface area contributed by atoms with E-state index >= 15 is 0 Å². The number of carboxylic acids is 1. The molecule has 1 heterocycles. The smallest absolute Gasteiger partial charge is 0.325 e. The monoisotopic (exact) mass is 255 g/mol. The van der Waals surface area contributed by atoms with Crippen molar-refractivity contribution in [3.63, 3.8) is 0 Å². The van der Waals surface area contributed by atoms with Crippen molar-refractivity contribution in [1.82, 2.24) is 15.3 Å². The number of amides is 1. The molecule has 1 unspecified atom stereocenters. The summed E-state index contributed by atoms with van der Waals surface area (Å²) in [6, 6.07) is 1.10. The second-order valence-electron chi connectivity index (χ2n) is 3.83. The van der Waals surface area contributed by atoms with E-state index in [4.69, 9.17) is 5.11 Å². The highest BCUT2D eigenvalue weighted by Crippen LogP contribution is 1.93. The van der Waals surface area contributed by atoms with Gasteiger partial charge in [-0.2, -0.15) is 0 Å². The Kier molecular flexibility index (Phi) is 4.41. The maximum Gasteiger partial charge on any atom is 0.325 e. The largest absolute Gasteiger partial charge is 0.481 e. The number of carbonyl (C=O) groups is 2. The third-order valence-electron chi connectivity index (χ3n) is 2.19. The van der Waals surface area contributed by atoms with Crippen molar-refractivity contribution in [3.8, 4) is 0 Å². The summed E-state index contributed by atoms with van der Waals surface area (Å²) < 4.78 is 0. The fourth-order valence-corrected chi connectivity index (χ4v) is 1.20. The van der Waals surface area contributed by atoms with E-state index in [0.29, 0.717) is 0 Å². The van der Waals surface area contributed by atoms with Crippen LogP contribution in [0.2, 0.25) is 0 Å². The second-order valence-corrected chi connectivity index (χ2v) is 3.83. The van der Waals surface area contributed by atoms with E-state index < -0.39 is 29.0 Å². The Hall–Kier alpha value is -2.38. The third-order valence-corrected chi connectivity index (χ3v) is 2.19. The molecule has 4 N–H and O–H groups in total. The Morgan fingerprint density at radius 2 is 2.06 bits per heavy atom. The summed E-state index contributed by atoms with van der Waals surface area (Å²) in [6.07, 6.45) is -0.189. The lowest BCUT2D eigenvalue weighted by molar-refractivity contribution is -0.141. The summed E-state index contributed by atoms with van der Waals surface area (Å²) >= 11 is 0. The molecule has 1 aromatic rings. The predicted molar refractivity (Wildman–Crippen MR) is 61.2 cm³/mol. The lowest BCUT2D eigenvalue weighted by atomic mass is 10.2. The minimum Gasteiger partial charge on any atom is -0.481 e. The zero-order chi connectivity index (χ0) is 13.7. The van der Waals surface area contributed by atoms with E-state index in [2.05, 4.69) is 10.3 Å². The molecule has 98 valence electrons. The van der Waals surface area contributed by atoms with Gasteiger partial charge in [0.25, 0.3) is 5.56 Å². The zero-order valence-electron chi connectivity index (χ0n) is 9.65. The average molecular weight is 255 g/mol. The summed E-state index contributed by atoms with van der Waals surface area (Å²) in [4.78, 5) is 48.1. The van der Waals surface area contributed by atoms with Gasteiger partial charge < -0.3 is 15.4 Å². The molecule has 18 heavy (non-hydrogen) atoms. The van der Waals surface area contributed by atoms with Crippen molar-refractivity contribution in [3.05, 3.63) is 32.6 Å². The number of carboxylic acid groups (broad SMARTS) is 1. The first-order valence-corrected chi connectivity index (χ1v) is 5.20. The molecule has 0 aliphatic carbocycles. The van der Waals surface area contributed by atoms with Crippen molar-refractivity contribution >= 4 is 11.9 Å². The van der Waals surface area contributed by atoms with Gasteiger partial charge in [-0.05, 0) is 0 Å². The third kappa shape index (κ3) is 4.24. The lowest BCUT2D eigenvalue weighted by Gasteiger charge is -2.07. The number of hydrogen-bond acceptors (Lipinski definition) is 4. The van der Waals surface area contributed by atoms with E-state index in [1.54, 1.807) is 0 Å². The molecule has 1 rings (SSSR count). The van der Waals surface area contributed by atoms with E-state index in [9.17, 15) is 19.2 Å². The molecule has 0 spiro atoms. The average Bonchev–Trinajstić information content (AvgIpc) is 2.24. The number of aliphatic carboxylic acids is 1. The van der Waals surface area contributed by atoms with E-state index in [-0.39, 0.29) is 18.7 Å². The van der Waals surface area contributed by atoms with Crippen molar-refractivity contribution in [2.24, 2.45) is 5.92 Å². The number of hydrogen-bond donors (Lipinski definition) is 4. The van der Waals surface area contributed by atoms with Crippen molar-refractivity contribution in [2.75, 3.05) is 6.54 Å². The molecule has 0 bridgehead atoms. The molecule has 8 nitrogen and oxygen atoms in total. The van der Waals surface area contributed by atoms with Crippen LogP contribution < -0.4 is 16.6 Å². The van der Waals surface area contributed by atoms with Crippen LogP contribution in [0.1, 0.15) is 12.6 Å². The standard InChI is InChI=1S/C10H13N3O5/c1-5(9(16)17)4-11-7(14)2-6-3-8(15)13-10(18)12-6/h3,5H,2,4H2,1H3,(H,11,14)(H,16,17)(H2,12,13,15,18). The van der Waals surface area contributed by atoms with Crippen LogP contribution in [0, 0.1) is 5.92 Å². The van der Waals surface area contributed by atoms with Gasteiger partial charge in [-0.3, -0.25) is 19.4 Å². The van der Waals surface area contributed by atoms with E-state index in [1.165, 1.54) is 6.92 Å². The normalized spacial score (nSPS) is 11.8. The minimum atomic E-state index is -1.01. The van der Waals surface area contributed by atoms with Gasteiger partial charge in [0.2, 0.25) is 5.91 Å². The highest BCUT2D eigenvalue weighted by molar-refractivity contribution is 5.79. The van der Waals surface area contributed by atoms with Crippen LogP contribution >= 0.6 is 0 Å². The van der Waals surface area contributed by atoms with Crippen LogP contribution in [-0.4, -0.2) is 33.5 Å². The first-order chi connectivity index (χ1) is 8.38. The number of nitrogens with one attached hydrogen (secondary N) is 3. The maximum atomic E-state index is 11.4. The summed E-state index contributed by atoms with van der Waals surface area (Å²) in [5.41, 5.74) is -1.12. The molecule has 8 heteroatoms. The first-order valence-electron chi connectivity index (χ1n) is 5.20. The number of aromatic nitrogens is 2. The van der Waals surface area contributed by atoms with Crippen molar-refractivity contribution < 1.29 is 14.7 Å². The number of aromatic amines is 2. The van der Waals surface area contributed by atoms with E-state index in [1.807, 2.05) is 4.98 Å². The fourth-order valence-electron chi connectivity index (χ4n) is 1.20. The molecular weight excluding hydrogens is 242 g/mol. The Morgan fingerprint density at radius 1 is 1.39 bits per heavy atom. The Labute approximate surface area is 101 Å². The number of H-pyrrole nitrogens is 2. The van der Waals surface area contributed by atoms with E-state index in [0.717, 1.165) is 6.07 Å². The molecule has 0 aliphatic heterocycles. The molecule has 0 aromatic carbocycles. The van der Waals surface area contributed by atoms with Gasteiger partial charge in [0.15, 0.2) is 0 Å². The van der Waals surface area contributed by atoms with Gasteiger partial charge in [0.1, 0.15) is 0 Å². The molecule has 0 radical (unpaired) electrons. The zero-order valence-corrected chi connectivity index (χ0v) is 9.65. The van der Waals surface area contributed by atoms with Gasteiger partial charge in [-0.1, -0.05) is 6.92 Å². The number of carbonyl (C=O) groups excluding carboxylic acids is 1. The van der Waals surface area contributed by atoms with Gasteiger partial charge >= 0.3 is 11.7 Å². The molecule has 0 saturated heterocycles. The highest BCUT2D eigenvalue weighted by Gasteiger charge is 2.12. The summed E-state index contributed by atoms with van der Waals surface area (Å²) in [5.74, 6) is -2.18. The lowest BCUT2D eigenvalue weighted by Crippen LogP contribution is -2.33. The van der Waals surface area contributed by atoms with Crippen LogP contribution in [0.5, 0.6) is 0 Å². The van der Waals surface area contributed by atoms with Gasteiger partial charge in [0.05, 0.1) is 12.3 Å². The summed E-state index contributed by atoms with van der Waals surface area (Å²) in [6.45, 7) is 1.44. The number of rotatable bonds is 5. The van der Waals surface area contributed by atoms with Crippen LogP contribution in [-0.2, 0) is 16.0 Å². The quantitative estimate of drug-likeness (QED) is 0.505. The SMILES string of the molecule is CC(CNC(=O)Cc1cc(=O)[nH]c(=O)[nH]1)C(=O)O. The fraction of sp³-hybridized carbons (Fsp3) is 0.400. The van der Waals surface area contributed by atoms with Crippen molar-refractivity contribution in [2.45, 2.75) is 13.3 Å². The molecule has 1 atom stereocenters. The van der Waals surface area contributed by atoms with Crippen LogP contribution in [0.3, 0.4) is 0 Å². The van der Waals surface area contributed by atoms with Gasteiger partial charge in [-0.25, -0.2) is 4.79 Å². The Balaban J connectivity index is 2.57. The predicted octanol–water partition coefficient (Wildman–Crippen LogP) is -1.56. The molecule has 1 aromatic heterocycles. The topological polar surface area (TPSA) is 132 Å². The Bertz CT molecular complexity index is 531. The molecule has 0 saturated carbocycles. The first kappa shape index (κ1) is 13.7. The van der Waals surface area contributed by atoms with Crippen LogP contribution in [0.15, 0.2) is 15.7 Å². The minimum absolute atomic E-state index is 0.0123. The van der Waals surface area contributed by atoms with Gasteiger partial charge in [0, 0.05) is 18.3 Å². The molecule has 1 amide bonds. The second kappa shape index (κ2) is 5.80. The highest BCUT2D eigenvalue weighted by atomic mass is 16.4. The van der Waals surface area contributed by atoms with Crippen molar-refractivity contribution in [1.29, 1.82) is 0 Å². The summed E-state index contributed by atoms with van der Waals surface area (Å²) in [7, 11) is 0. The van der Waals surface area contributed by atoms with Gasteiger partial charge in [-0.15, -0.1) is 0 Å². The maximum absolute atomic E-state index is 11.4. The summed E-state index contributed by atoms with van der Waals surface area (Å²) in [5, 5.41) is 11.0. The van der Waals surface area contributed by atoms with Crippen LogP contribution in [0.25, 0.3) is 0 Å².